The van der Waals surface area contributed by atoms with Crippen LogP contribution in [0.5, 0.6) is 0 Å². The molecular weight excluding hydrogens is 543 g/mol. The van der Waals surface area contributed by atoms with Gasteiger partial charge < -0.3 is 20.9 Å². The van der Waals surface area contributed by atoms with Gasteiger partial charge in [-0.1, -0.05) is 5.16 Å². The van der Waals surface area contributed by atoms with Crippen molar-refractivity contribution >= 4 is 40.0 Å². The van der Waals surface area contributed by atoms with E-state index in [2.05, 4.69) is 36.1 Å². The van der Waals surface area contributed by atoms with E-state index >= 15 is 0 Å². The summed E-state index contributed by atoms with van der Waals surface area (Å²) in [7, 11) is 0. The zero-order valence-electron chi connectivity index (χ0n) is 21.4. The Hall–Kier alpha value is -4.73. The first-order valence-electron chi connectivity index (χ1n) is 13.0. The summed E-state index contributed by atoms with van der Waals surface area (Å²) < 4.78 is 48.8. The number of rotatable bonds is 5. The average molecular weight is 568 g/mol. The number of nitrogens with two attached hydrogens (primary N) is 1. The molecule has 2 amide bonds. The summed E-state index contributed by atoms with van der Waals surface area (Å²) in [6.07, 6.45) is 1.89. The summed E-state index contributed by atoms with van der Waals surface area (Å²) >= 11 is 0. The van der Waals surface area contributed by atoms with Gasteiger partial charge >= 0.3 is 12.2 Å². The molecule has 0 radical (unpaired) electrons. The first-order chi connectivity index (χ1) is 19.7. The fourth-order valence-electron chi connectivity index (χ4n) is 5.41. The quantitative estimate of drug-likeness (QED) is 0.247. The molecule has 13 nitrogen and oxygen atoms in total. The van der Waals surface area contributed by atoms with Crippen LogP contribution in [0.3, 0.4) is 0 Å². The molecule has 5 aromatic heterocycles. The molecular formula is C25H24F3N11O2. The van der Waals surface area contributed by atoms with Gasteiger partial charge in [0.25, 0.3) is 0 Å². The zero-order chi connectivity index (χ0) is 28.4. The molecule has 7 rings (SSSR count). The Morgan fingerprint density at radius 2 is 1.93 bits per heavy atom. The van der Waals surface area contributed by atoms with E-state index in [1.165, 1.54) is 6.33 Å². The van der Waals surface area contributed by atoms with Gasteiger partial charge in [0, 0.05) is 18.5 Å². The highest BCUT2D eigenvalue weighted by atomic mass is 19.4. The lowest BCUT2D eigenvalue weighted by Gasteiger charge is -2.23. The smallest absolute Gasteiger partial charge is 0.383 e. The van der Waals surface area contributed by atoms with E-state index < -0.39 is 17.6 Å². The predicted molar refractivity (Wildman–Crippen MR) is 141 cm³/mol. The Morgan fingerprint density at radius 3 is 2.68 bits per heavy atom. The van der Waals surface area contributed by atoms with Gasteiger partial charge in [0.05, 0.1) is 22.8 Å². The lowest BCUT2D eigenvalue weighted by molar-refractivity contribution is -0.165. The van der Waals surface area contributed by atoms with Gasteiger partial charge in [-0.05, 0) is 50.9 Å². The van der Waals surface area contributed by atoms with Crippen LogP contribution in [-0.4, -0.2) is 59.6 Å². The second-order valence-electron chi connectivity index (χ2n) is 10.2. The average Bonchev–Trinajstić information content (AvgIpc) is 3.26. The number of nitrogens with one attached hydrogen (secondary N) is 3. The van der Waals surface area contributed by atoms with Gasteiger partial charge in [0.1, 0.15) is 23.3 Å². The van der Waals surface area contributed by atoms with E-state index in [4.69, 9.17) is 15.4 Å². The molecule has 0 aromatic carbocycles. The number of aromatic nitrogens is 7. The Morgan fingerprint density at radius 1 is 1.12 bits per heavy atom. The highest BCUT2D eigenvalue weighted by molar-refractivity contribution is 6.02. The third kappa shape index (κ3) is 4.13. The molecule has 6 heterocycles. The number of pyridine rings is 1. The number of anilines is 3. The molecule has 0 bridgehead atoms. The number of nitrogen functional groups attached to an aromatic ring is 1. The predicted octanol–water partition coefficient (Wildman–Crippen LogP) is 3.87. The third-order valence-electron chi connectivity index (χ3n) is 7.73. The first-order valence-corrected chi connectivity index (χ1v) is 13.0. The molecule has 1 saturated carbocycles. The fraction of sp³-hybridized carbons (Fsp3) is 0.360. The van der Waals surface area contributed by atoms with Gasteiger partial charge in [-0.25, -0.2) is 24.4 Å². The Balaban J connectivity index is 1.18. The van der Waals surface area contributed by atoms with Gasteiger partial charge in [0.2, 0.25) is 0 Å². The second kappa shape index (κ2) is 9.15. The lowest BCUT2D eigenvalue weighted by atomic mass is 10.0. The SMILES string of the molecule is Nc1ncnc2c1c(-c1ccc(NC(=O)Nc3cc(C4(C(F)(F)F)CC4)on3)c3nccn13)nn2C1CCNCC1. The number of hydrogen-bond acceptors (Lipinski definition) is 9. The van der Waals surface area contributed by atoms with Crippen molar-refractivity contribution in [2.75, 3.05) is 29.5 Å². The molecule has 5 N–H and O–H groups in total. The van der Waals surface area contributed by atoms with Crippen LogP contribution < -0.4 is 21.7 Å². The van der Waals surface area contributed by atoms with Crippen LogP contribution >= 0.6 is 0 Å². The third-order valence-corrected chi connectivity index (χ3v) is 7.73. The minimum atomic E-state index is -4.45. The molecule has 0 atom stereocenters. The van der Waals surface area contributed by atoms with Crippen LogP contribution in [0.15, 0.2) is 41.4 Å². The minimum absolute atomic E-state index is 0.0787. The van der Waals surface area contributed by atoms with Gasteiger partial charge in [-0.15, -0.1) is 0 Å². The van der Waals surface area contributed by atoms with Crippen molar-refractivity contribution in [3.63, 3.8) is 0 Å². The molecule has 2 aliphatic rings. The Labute approximate surface area is 229 Å². The van der Waals surface area contributed by atoms with Gasteiger partial charge in [-0.3, -0.25) is 9.72 Å². The summed E-state index contributed by atoms with van der Waals surface area (Å²) in [6.45, 7) is 1.74. The number of fused-ring (bicyclic) bond motifs is 2. The van der Waals surface area contributed by atoms with Crippen LogP contribution in [0.25, 0.3) is 28.1 Å². The number of carbonyl (C=O) groups excluding carboxylic acids is 1. The molecule has 16 heteroatoms. The molecule has 2 fully saturated rings. The molecule has 212 valence electrons. The van der Waals surface area contributed by atoms with E-state index in [1.807, 2.05) is 4.68 Å². The number of halogens is 3. The normalized spacial score (nSPS) is 17.2. The maximum atomic E-state index is 13.4. The van der Waals surface area contributed by atoms with Crippen LogP contribution in [0.2, 0.25) is 0 Å². The maximum absolute atomic E-state index is 13.4. The van der Waals surface area contributed by atoms with E-state index in [1.54, 1.807) is 28.9 Å². The van der Waals surface area contributed by atoms with Crippen molar-refractivity contribution < 1.29 is 22.5 Å². The van der Waals surface area contributed by atoms with Gasteiger partial charge in [0.15, 0.2) is 22.9 Å². The summed E-state index contributed by atoms with van der Waals surface area (Å²) in [6, 6.07) is 3.94. The summed E-state index contributed by atoms with van der Waals surface area (Å²) in [5.41, 5.74) is 6.89. The summed E-state index contributed by atoms with van der Waals surface area (Å²) in [4.78, 5) is 25.8. The topological polar surface area (TPSA) is 166 Å². The summed E-state index contributed by atoms with van der Waals surface area (Å²) in [5.74, 6) is -0.153. The number of nitrogens with zero attached hydrogens (tertiary/aromatic N) is 7. The van der Waals surface area contributed by atoms with Crippen molar-refractivity contribution in [2.45, 2.75) is 43.3 Å². The van der Waals surface area contributed by atoms with Crippen LogP contribution in [0, 0.1) is 0 Å². The van der Waals surface area contributed by atoms with Crippen LogP contribution in [0.4, 0.5) is 35.3 Å². The van der Waals surface area contributed by atoms with Gasteiger partial charge in [-0.2, -0.15) is 18.3 Å². The van der Waals surface area contributed by atoms with Crippen molar-refractivity contribution in [1.29, 1.82) is 0 Å². The number of urea groups is 1. The molecule has 41 heavy (non-hydrogen) atoms. The van der Waals surface area contributed by atoms with E-state index in [0.29, 0.717) is 39.6 Å². The maximum Gasteiger partial charge on any atom is 0.401 e. The number of hydrogen-bond donors (Lipinski definition) is 4. The molecule has 5 aromatic rings. The summed E-state index contributed by atoms with van der Waals surface area (Å²) in [5, 5.41) is 17.6. The fourth-order valence-corrected chi connectivity index (χ4v) is 5.41. The monoisotopic (exact) mass is 567 g/mol. The van der Waals surface area contributed by atoms with Crippen molar-refractivity contribution in [3.05, 3.63) is 42.7 Å². The van der Waals surface area contributed by atoms with E-state index in [-0.39, 0.29) is 30.5 Å². The molecule has 1 aliphatic heterocycles. The molecule has 1 saturated heterocycles. The van der Waals surface area contributed by atoms with E-state index in [0.717, 1.165) is 32.0 Å². The Bertz CT molecular complexity index is 1780. The minimum Gasteiger partial charge on any atom is -0.383 e. The number of alkyl halides is 3. The number of imidazole rings is 1. The van der Waals surface area contributed by atoms with Crippen LogP contribution in [0.1, 0.15) is 37.5 Å². The van der Waals surface area contributed by atoms with Crippen molar-refractivity contribution in [3.8, 4) is 11.4 Å². The van der Waals surface area contributed by atoms with E-state index in [9.17, 15) is 18.0 Å². The number of piperidine rings is 1. The standard InChI is InChI=1S/C25H24F3N11O2/c26-25(27,28)24(5-6-24)16-11-17(37-41-16)35-23(40)34-14-1-2-15(38-10-9-31-21(14)38)19-18-20(29)32-12-33-22(18)39(36-19)13-3-7-30-8-4-13/h1-2,9-13,30H,3-8H2,(H2,29,32,33)(H2,34,35,37,40). The largest absolute Gasteiger partial charge is 0.401 e. The first kappa shape index (κ1) is 25.3. The highest BCUT2D eigenvalue weighted by Gasteiger charge is 2.66. The van der Waals surface area contributed by atoms with Crippen molar-refractivity contribution in [1.82, 2.24) is 39.6 Å². The van der Waals surface area contributed by atoms with Crippen LogP contribution in [-0.2, 0) is 5.41 Å². The zero-order valence-corrected chi connectivity index (χ0v) is 21.4. The number of amides is 2. The molecule has 0 spiro atoms. The molecule has 0 unspecified atom stereocenters. The second-order valence-corrected chi connectivity index (χ2v) is 10.2. The lowest BCUT2D eigenvalue weighted by Crippen LogP contribution is -2.30. The highest BCUT2D eigenvalue weighted by Crippen LogP contribution is 2.59. The van der Waals surface area contributed by atoms with Crippen molar-refractivity contribution in [2.24, 2.45) is 0 Å². The Kier molecular flexibility index (Phi) is 5.64. The molecule has 1 aliphatic carbocycles. The number of carbonyl (C=O) groups is 1.